The molecule has 0 saturated heterocycles. The third-order valence-electron chi connectivity index (χ3n) is 4.37. The molecule has 0 aliphatic carbocycles. The lowest BCUT2D eigenvalue weighted by Crippen LogP contribution is -1.90. The Hall–Kier alpha value is -2.56. The standard InChI is InChI=1S/C13H15N.C11H10BrN.CH5N/c1-2-5-12-6-8-13(9-7-12)14-10-3-4-11-14;12-9-10-3-5-11(6-4-10)13-7-1-2-8-13;1-2/h3-4,6-11H,2,5H2,1H3;1-8H,9H2;2H2,1H3. The highest BCUT2D eigenvalue weighted by atomic mass is 79.9. The number of aryl methyl sites for hydroxylation is 1. The first kappa shape index (κ1) is 22.7. The maximum absolute atomic E-state index is 4.50. The molecule has 4 heteroatoms. The molecule has 0 aliphatic rings. The van der Waals surface area contributed by atoms with Gasteiger partial charge in [0.2, 0.25) is 0 Å². The smallest absolute Gasteiger partial charge is 0.0449 e. The SMILES string of the molecule is BrCc1ccc(-n2cccc2)cc1.CCCc1ccc(-n2cccc2)cc1.CN. The molecule has 2 N–H and O–H groups in total. The minimum absolute atomic E-state index is 0.916. The first-order chi connectivity index (χ1) is 14.3. The fourth-order valence-corrected chi connectivity index (χ4v) is 3.27. The van der Waals surface area contributed by atoms with Crippen LogP contribution in [0.25, 0.3) is 11.4 Å². The minimum atomic E-state index is 0.916. The van der Waals surface area contributed by atoms with Crippen molar-refractivity contribution in [2.75, 3.05) is 7.05 Å². The molecular weight excluding hydrogens is 422 g/mol. The van der Waals surface area contributed by atoms with Crippen LogP contribution in [0.1, 0.15) is 24.5 Å². The average Bonchev–Trinajstić information content (AvgIpc) is 3.51. The van der Waals surface area contributed by atoms with Crippen molar-refractivity contribution >= 4 is 15.9 Å². The molecule has 0 fully saturated rings. The number of rotatable bonds is 5. The second-order valence-corrected chi connectivity index (χ2v) is 6.96. The Bertz CT molecular complexity index is 894. The van der Waals surface area contributed by atoms with Gasteiger partial charge < -0.3 is 14.9 Å². The molecule has 0 saturated carbocycles. The highest BCUT2D eigenvalue weighted by Crippen LogP contribution is 2.12. The van der Waals surface area contributed by atoms with Crippen LogP contribution in [0.4, 0.5) is 0 Å². The van der Waals surface area contributed by atoms with Crippen molar-refractivity contribution in [3.63, 3.8) is 0 Å². The second kappa shape index (κ2) is 12.8. The molecule has 152 valence electrons. The molecule has 0 radical (unpaired) electrons. The summed E-state index contributed by atoms with van der Waals surface area (Å²) in [6.45, 7) is 2.21. The van der Waals surface area contributed by atoms with Crippen LogP contribution in [-0.4, -0.2) is 16.2 Å². The number of aromatic nitrogens is 2. The van der Waals surface area contributed by atoms with E-state index in [-0.39, 0.29) is 0 Å². The first-order valence-corrected chi connectivity index (χ1v) is 11.0. The summed E-state index contributed by atoms with van der Waals surface area (Å²) in [7, 11) is 1.50. The van der Waals surface area contributed by atoms with Gasteiger partial charge in [-0.3, -0.25) is 0 Å². The van der Waals surface area contributed by atoms with Crippen LogP contribution in [0.3, 0.4) is 0 Å². The second-order valence-electron chi connectivity index (χ2n) is 6.40. The maximum Gasteiger partial charge on any atom is 0.0449 e. The molecule has 29 heavy (non-hydrogen) atoms. The molecule has 0 unspecified atom stereocenters. The van der Waals surface area contributed by atoms with E-state index in [0.717, 1.165) is 5.33 Å². The fraction of sp³-hybridized carbons (Fsp3) is 0.200. The van der Waals surface area contributed by atoms with Crippen molar-refractivity contribution < 1.29 is 0 Å². The van der Waals surface area contributed by atoms with Crippen LogP contribution < -0.4 is 5.73 Å². The summed E-state index contributed by atoms with van der Waals surface area (Å²) < 4.78 is 4.22. The molecule has 4 rings (SSSR count). The number of hydrogen-bond donors (Lipinski definition) is 1. The lowest BCUT2D eigenvalue weighted by atomic mass is 10.1. The van der Waals surface area contributed by atoms with Crippen molar-refractivity contribution in [3.05, 3.63) is 109 Å². The molecule has 2 aromatic heterocycles. The molecule has 0 amide bonds. The van der Waals surface area contributed by atoms with Crippen LogP contribution in [0.2, 0.25) is 0 Å². The van der Waals surface area contributed by atoms with Gasteiger partial charge in [-0.05, 0) is 73.1 Å². The Morgan fingerprint density at radius 3 is 1.38 bits per heavy atom. The van der Waals surface area contributed by atoms with Crippen molar-refractivity contribution in [2.45, 2.75) is 25.1 Å². The van der Waals surface area contributed by atoms with Gasteiger partial charge in [0.05, 0.1) is 0 Å². The zero-order chi connectivity index (χ0) is 20.9. The molecular formula is C25H30BrN3. The van der Waals surface area contributed by atoms with E-state index in [1.807, 2.05) is 36.7 Å². The van der Waals surface area contributed by atoms with Gasteiger partial charge in [0, 0.05) is 41.5 Å². The van der Waals surface area contributed by atoms with Gasteiger partial charge in [-0.15, -0.1) is 0 Å². The largest absolute Gasteiger partial charge is 0.333 e. The molecule has 0 aliphatic heterocycles. The summed E-state index contributed by atoms with van der Waals surface area (Å²) in [6, 6.07) is 25.4. The monoisotopic (exact) mass is 451 g/mol. The predicted molar refractivity (Wildman–Crippen MR) is 128 cm³/mol. The third-order valence-corrected chi connectivity index (χ3v) is 5.02. The van der Waals surface area contributed by atoms with Gasteiger partial charge >= 0.3 is 0 Å². The molecule has 2 aromatic carbocycles. The Morgan fingerprint density at radius 1 is 0.655 bits per heavy atom. The lowest BCUT2D eigenvalue weighted by Gasteiger charge is -2.04. The van der Waals surface area contributed by atoms with E-state index < -0.39 is 0 Å². The van der Waals surface area contributed by atoms with Gasteiger partial charge in [0.25, 0.3) is 0 Å². The molecule has 4 aromatic rings. The van der Waals surface area contributed by atoms with Crippen LogP contribution in [0, 0.1) is 0 Å². The highest BCUT2D eigenvalue weighted by Gasteiger charge is 1.95. The normalized spacial score (nSPS) is 9.79. The maximum atomic E-state index is 4.50. The van der Waals surface area contributed by atoms with Crippen LogP contribution in [0.5, 0.6) is 0 Å². The fourth-order valence-electron chi connectivity index (χ4n) is 2.89. The quantitative estimate of drug-likeness (QED) is 0.351. The zero-order valence-corrected chi connectivity index (χ0v) is 18.8. The van der Waals surface area contributed by atoms with E-state index in [4.69, 9.17) is 0 Å². The summed E-state index contributed by atoms with van der Waals surface area (Å²) >= 11 is 3.42. The first-order valence-electron chi connectivity index (χ1n) is 9.88. The van der Waals surface area contributed by atoms with Crippen molar-refractivity contribution in [1.29, 1.82) is 0 Å². The highest BCUT2D eigenvalue weighted by molar-refractivity contribution is 9.08. The Morgan fingerprint density at radius 2 is 1.03 bits per heavy atom. The summed E-state index contributed by atoms with van der Waals surface area (Å²) in [5, 5.41) is 0.916. The number of nitrogens with zero attached hydrogens (tertiary/aromatic N) is 2. The van der Waals surface area contributed by atoms with Gasteiger partial charge in [0.15, 0.2) is 0 Å². The van der Waals surface area contributed by atoms with Crippen LogP contribution >= 0.6 is 15.9 Å². The van der Waals surface area contributed by atoms with E-state index in [2.05, 4.69) is 98.6 Å². The Labute approximate surface area is 182 Å². The van der Waals surface area contributed by atoms with Crippen molar-refractivity contribution in [3.8, 4) is 11.4 Å². The zero-order valence-electron chi connectivity index (χ0n) is 17.2. The summed E-state index contributed by atoms with van der Waals surface area (Å²) in [5.74, 6) is 0. The van der Waals surface area contributed by atoms with Gasteiger partial charge in [-0.1, -0.05) is 53.5 Å². The summed E-state index contributed by atoms with van der Waals surface area (Å²) in [6.07, 6.45) is 10.6. The van der Waals surface area contributed by atoms with E-state index >= 15 is 0 Å². The van der Waals surface area contributed by atoms with Crippen molar-refractivity contribution in [1.82, 2.24) is 9.13 Å². The van der Waals surface area contributed by atoms with E-state index in [0.29, 0.717) is 0 Å². The van der Waals surface area contributed by atoms with Crippen LogP contribution in [0.15, 0.2) is 97.6 Å². The number of halogens is 1. The van der Waals surface area contributed by atoms with E-state index in [1.54, 1.807) is 0 Å². The molecule has 0 spiro atoms. The molecule has 2 heterocycles. The topological polar surface area (TPSA) is 35.9 Å². The van der Waals surface area contributed by atoms with Gasteiger partial charge in [-0.25, -0.2) is 0 Å². The van der Waals surface area contributed by atoms with Gasteiger partial charge in [-0.2, -0.15) is 0 Å². The third kappa shape index (κ3) is 7.08. The van der Waals surface area contributed by atoms with E-state index in [1.165, 1.54) is 42.4 Å². The van der Waals surface area contributed by atoms with Crippen molar-refractivity contribution in [2.24, 2.45) is 5.73 Å². The molecule has 0 atom stereocenters. The molecule has 0 bridgehead atoms. The number of benzene rings is 2. The lowest BCUT2D eigenvalue weighted by molar-refractivity contribution is 0.920. The Kier molecular flexibility index (Phi) is 10.0. The predicted octanol–water partition coefficient (Wildman–Crippen LogP) is 6.38. The Balaban J connectivity index is 0.000000191. The summed E-state index contributed by atoms with van der Waals surface area (Å²) in [5.41, 5.74) is 9.66. The van der Waals surface area contributed by atoms with E-state index in [9.17, 15) is 0 Å². The average molecular weight is 452 g/mol. The number of alkyl halides is 1. The van der Waals surface area contributed by atoms with Gasteiger partial charge in [0.1, 0.15) is 0 Å². The molecule has 3 nitrogen and oxygen atoms in total. The summed E-state index contributed by atoms with van der Waals surface area (Å²) in [4.78, 5) is 0. The number of nitrogens with two attached hydrogens (primary N) is 1. The minimum Gasteiger partial charge on any atom is -0.333 e. The number of hydrogen-bond acceptors (Lipinski definition) is 1. The van der Waals surface area contributed by atoms with Crippen LogP contribution in [-0.2, 0) is 11.8 Å².